The second-order valence-corrected chi connectivity index (χ2v) is 9.95. The van der Waals surface area contributed by atoms with Gasteiger partial charge in [-0.15, -0.1) is 0 Å². The largest absolute Gasteiger partial charge is 0.396 e. The predicted octanol–water partition coefficient (Wildman–Crippen LogP) is 3.82. The van der Waals surface area contributed by atoms with Crippen LogP contribution >= 0.6 is 0 Å². The number of carbonyl (C=O) groups excluding carboxylic acids is 1. The quantitative estimate of drug-likeness (QED) is 0.585. The van der Waals surface area contributed by atoms with Gasteiger partial charge in [-0.2, -0.15) is 14.9 Å². The van der Waals surface area contributed by atoms with Crippen molar-refractivity contribution in [3.63, 3.8) is 0 Å². The number of hydrogen-bond acceptors (Lipinski definition) is 5. The van der Waals surface area contributed by atoms with Gasteiger partial charge in [-0.3, -0.25) is 9.59 Å². The first-order valence-electron chi connectivity index (χ1n) is 12.6. The fourth-order valence-corrected chi connectivity index (χ4v) is 5.43. The van der Waals surface area contributed by atoms with Gasteiger partial charge in [0.05, 0.1) is 30.0 Å². The number of likely N-dealkylation sites (tertiary alicyclic amines) is 1. The van der Waals surface area contributed by atoms with Crippen molar-refractivity contribution in [1.29, 1.82) is 5.26 Å². The summed E-state index contributed by atoms with van der Waals surface area (Å²) in [6, 6.07) is 12.1. The zero-order chi connectivity index (χ0) is 24.5. The Hall–Kier alpha value is -3.44. The number of aromatic nitrogens is 3. The highest BCUT2D eigenvalue weighted by molar-refractivity contribution is 6.01. The molecule has 1 saturated carbocycles. The van der Waals surface area contributed by atoms with E-state index in [4.69, 9.17) is 0 Å². The Morgan fingerprint density at radius 2 is 1.97 bits per heavy atom. The topological polar surface area (TPSA) is 114 Å². The molecule has 0 spiro atoms. The molecule has 1 amide bonds. The van der Waals surface area contributed by atoms with E-state index in [9.17, 15) is 20.0 Å². The highest BCUT2D eigenvalue weighted by Crippen LogP contribution is 2.33. The van der Waals surface area contributed by atoms with Crippen LogP contribution in [0.1, 0.15) is 78.9 Å². The fourth-order valence-electron chi connectivity index (χ4n) is 5.43. The molecule has 1 unspecified atom stereocenters. The Morgan fingerprint density at radius 3 is 2.63 bits per heavy atom. The van der Waals surface area contributed by atoms with E-state index in [2.05, 4.69) is 28.3 Å². The number of nitrogens with one attached hydrogen (secondary N) is 1. The molecule has 0 radical (unpaired) electrons. The van der Waals surface area contributed by atoms with E-state index >= 15 is 0 Å². The van der Waals surface area contributed by atoms with Crippen LogP contribution in [0.25, 0.3) is 16.9 Å². The van der Waals surface area contributed by atoms with Gasteiger partial charge in [0.1, 0.15) is 5.56 Å². The summed E-state index contributed by atoms with van der Waals surface area (Å²) < 4.78 is 1.21. The van der Waals surface area contributed by atoms with E-state index in [1.807, 2.05) is 12.1 Å². The van der Waals surface area contributed by atoms with Crippen LogP contribution in [0, 0.1) is 17.2 Å². The van der Waals surface area contributed by atoms with Crippen LogP contribution < -0.4 is 5.56 Å². The summed E-state index contributed by atoms with van der Waals surface area (Å²) in [7, 11) is 0. The SMILES string of the molecule is C[C@H](CO)c1nn2c(=O)cc(-c3ccc(C4CCCCC4)cc3)[nH]c2c1C(=O)N1CCC(C#N)C1. The molecule has 3 heterocycles. The van der Waals surface area contributed by atoms with Gasteiger partial charge < -0.3 is 15.0 Å². The molecule has 2 N–H and O–H groups in total. The van der Waals surface area contributed by atoms with Gasteiger partial charge in [0.2, 0.25) is 0 Å². The zero-order valence-electron chi connectivity index (χ0n) is 20.0. The molecule has 2 atom stereocenters. The highest BCUT2D eigenvalue weighted by Gasteiger charge is 2.33. The van der Waals surface area contributed by atoms with Crippen molar-refractivity contribution in [3.05, 3.63) is 57.5 Å². The minimum absolute atomic E-state index is 0.197. The van der Waals surface area contributed by atoms with Crippen molar-refractivity contribution < 1.29 is 9.90 Å². The van der Waals surface area contributed by atoms with Crippen molar-refractivity contribution in [1.82, 2.24) is 19.5 Å². The number of benzene rings is 1. The Morgan fingerprint density at radius 1 is 1.23 bits per heavy atom. The number of aliphatic hydroxyl groups is 1. The number of H-pyrrole nitrogens is 1. The molecule has 182 valence electrons. The zero-order valence-corrected chi connectivity index (χ0v) is 20.0. The average Bonchev–Trinajstić information content (AvgIpc) is 3.54. The second-order valence-electron chi connectivity index (χ2n) is 9.95. The number of aromatic amines is 1. The van der Waals surface area contributed by atoms with Gasteiger partial charge >= 0.3 is 0 Å². The lowest BCUT2D eigenvalue weighted by molar-refractivity contribution is 0.0789. The number of nitriles is 1. The molecule has 8 nitrogen and oxygen atoms in total. The Bertz CT molecular complexity index is 1330. The molecule has 0 bridgehead atoms. The van der Waals surface area contributed by atoms with E-state index in [0.29, 0.717) is 48.0 Å². The molecule has 1 aliphatic heterocycles. The molecule has 2 fully saturated rings. The van der Waals surface area contributed by atoms with Crippen LogP contribution in [-0.4, -0.2) is 50.2 Å². The van der Waals surface area contributed by atoms with Gasteiger partial charge in [0.15, 0.2) is 5.65 Å². The molecule has 2 aliphatic rings. The van der Waals surface area contributed by atoms with Crippen LogP contribution in [0.5, 0.6) is 0 Å². The predicted molar refractivity (Wildman–Crippen MR) is 132 cm³/mol. The van der Waals surface area contributed by atoms with Crippen LogP contribution in [0.4, 0.5) is 0 Å². The van der Waals surface area contributed by atoms with Crippen LogP contribution in [-0.2, 0) is 0 Å². The van der Waals surface area contributed by atoms with Gasteiger partial charge in [-0.25, -0.2) is 0 Å². The van der Waals surface area contributed by atoms with Gasteiger partial charge in [-0.05, 0) is 36.3 Å². The second kappa shape index (κ2) is 9.67. The molecule has 2 aromatic heterocycles. The van der Waals surface area contributed by atoms with Gasteiger partial charge in [0, 0.05) is 25.1 Å². The minimum Gasteiger partial charge on any atom is -0.396 e. The summed E-state index contributed by atoms with van der Waals surface area (Å²) in [5, 5.41) is 23.5. The Labute approximate surface area is 204 Å². The van der Waals surface area contributed by atoms with E-state index in [-0.39, 0.29) is 24.0 Å². The summed E-state index contributed by atoms with van der Waals surface area (Å²) in [5.41, 5.74) is 3.48. The smallest absolute Gasteiger partial charge is 0.274 e. The molecule has 1 aliphatic carbocycles. The fraction of sp³-hybridized carbons (Fsp3) is 0.481. The van der Waals surface area contributed by atoms with E-state index < -0.39 is 5.92 Å². The molecule has 1 saturated heterocycles. The molecule has 8 heteroatoms. The summed E-state index contributed by atoms with van der Waals surface area (Å²) in [5.74, 6) is -0.293. The Balaban J connectivity index is 1.56. The molecular formula is C27H31N5O3. The van der Waals surface area contributed by atoms with Crippen molar-refractivity contribution >= 4 is 11.6 Å². The standard InChI is InChI=1S/C27H31N5O3/c1-17(16-33)25-24(27(35)31-12-11-18(14-28)15-31)26-29-22(13-23(34)32(26)30-25)21-9-7-20(8-10-21)19-5-3-2-4-6-19/h7-10,13,17-19,29,33H,2-6,11-12,15-16H2,1H3/t17-,18?/m1/s1. The first kappa shape index (κ1) is 23.3. The maximum atomic E-state index is 13.6. The maximum Gasteiger partial charge on any atom is 0.274 e. The molecule has 1 aromatic carbocycles. The number of fused-ring (bicyclic) bond motifs is 1. The normalized spacial score (nSPS) is 19.7. The maximum absolute atomic E-state index is 13.6. The average molecular weight is 474 g/mol. The summed E-state index contributed by atoms with van der Waals surface area (Å²) in [6.45, 7) is 2.41. The summed E-state index contributed by atoms with van der Waals surface area (Å²) >= 11 is 0. The molecule has 35 heavy (non-hydrogen) atoms. The minimum atomic E-state index is -0.422. The molecular weight excluding hydrogens is 442 g/mol. The first-order valence-corrected chi connectivity index (χ1v) is 12.6. The third-order valence-corrected chi connectivity index (χ3v) is 7.55. The Kier molecular flexibility index (Phi) is 6.44. The number of rotatable bonds is 5. The van der Waals surface area contributed by atoms with Gasteiger partial charge in [-0.1, -0.05) is 50.5 Å². The van der Waals surface area contributed by atoms with E-state index in [1.165, 1.54) is 48.2 Å². The van der Waals surface area contributed by atoms with Crippen molar-refractivity contribution in [3.8, 4) is 17.3 Å². The van der Waals surface area contributed by atoms with Crippen molar-refractivity contribution in [2.75, 3.05) is 19.7 Å². The lowest BCUT2D eigenvalue weighted by Gasteiger charge is -2.22. The third kappa shape index (κ3) is 4.37. The lowest BCUT2D eigenvalue weighted by atomic mass is 9.84. The summed E-state index contributed by atoms with van der Waals surface area (Å²) in [6.07, 6.45) is 6.93. The third-order valence-electron chi connectivity index (χ3n) is 7.55. The number of aliphatic hydroxyl groups excluding tert-OH is 1. The number of hydrogen-bond donors (Lipinski definition) is 2. The van der Waals surface area contributed by atoms with Crippen molar-refractivity contribution in [2.24, 2.45) is 5.92 Å². The van der Waals surface area contributed by atoms with E-state index in [1.54, 1.807) is 11.8 Å². The number of carbonyl (C=O) groups is 1. The van der Waals surface area contributed by atoms with Crippen LogP contribution in [0.2, 0.25) is 0 Å². The van der Waals surface area contributed by atoms with Crippen LogP contribution in [0.3, 0.4) is 0 Å². The van der Waals surface area contributed by atoms with Crippen LogP contribution in [0.15, 0.2) is 35.1 Å². The number of amides is 1. The van der Waals surface area contributed by atoms with Crippen molar-refractivity contribution in [2.45, 2.75) is 57.3 Å². The lowest BCUT2D eigenvalue weighted by Crippen LogP contribution is -2.30. The number of nitrogens with zero attached hydrogens (tertiary/aromatic N) is 4. The van der Waals surface area contributed by atoms with Gasteiger partial charge in [0.25, 0.3) is 11.5 Å². The molecule has 3 aromatic rings. The monoisotopic (exact) mass is 473 g/mol. The van der Waals surface area contributed by atoms with E-state index in [0.717, 1.165) is 5.56 Å². The summed E-state index contributed by atoms with van der Waals surface area (Å²) in [4.78, 5) is 31.5. The molecule has 5 rings (SSSR count). The first-order chi connectivity index (χ1) is 17.0. The highest BCUT2D eigenvalue weighted by atomic mass is 16.3.